The van der Waals surface area contributed by atoms with Gasteiger partial charge in [-0.1, -0.05) is 97.4 Å². The fourth-order valence-electron chi connectivity index (χ4n) is 7.53. The number of phenolic OH excluding ortho intramolecular Hbond substituents is 1. The molecule has 54 heavy (non-hydrogen) atoms. The lowest BCUT2D eigenvalue weighted by Gasteiger charge is -2.42. The molecule has 2 N–H and O–H groups in total. The van der Waals surface area contributed by atoms with Crippen LogP contribution in [0.3, 0.4) is 0 Å². The minimum atomic E-state index is -0.915. The number of esters is 1. The van der Waals surface area contributed by atoms with Crippen molar-refractivity contribution < 1.29 is 29.0 Å². The Hall–Kier alpha value is -5.64. The average molecular weight is 744 g/mol. The summed E-state index contributed by atoms with van der Waals surface area (Å²) in [6.45, 7) is 2.54. The van der Waals surface area contributed by atoms with E-state index in [9.17, 15) is 19.5 Å². The van der Waals surface area contributed by atoms with E-state index in [1.54, 1.807) is 24.1 Å². The highest BCUT2D eigenvalue weighted by Crippen LogP contribution is 2.43. The third kappa shape index (κ3) is 7.56. The number of nitrogens with zero attached hydrogens (tertiary/aromatic N) is 2. The van der Waals surface area contributed by atoms with Crippen LogP contribution in [0.1, 0.15) is 53.3 Å². The zero-order chi connectivity index (χ0) is 37.9. The van der Waals surface area contributed by atoms with E-state index in [1.807, 2.05) is 78.9 Å². The standard InChI is InChI=1S/C44H42ClN3O6/c1-4-37(30-8-6-5-7-9-30)48-26-33-25-40-38(47(2)43(51)41(54-40)31-16-20-35(49)21-17-31)23-32(33)24-39(48)42(50)46-36(44(52)53-3)22-27-10-12-28(13-11-27)29-14-18-34(45)19-15-29/h5-21,23,25,36-37,39,41,49H,4,22,24,26H2,1-3H3,(H,46,50)/t36?,37-,39-,41+/m0/s1. The van der Waals surface area contributed by atoms with Crippen molar-refractivity contribution in [2.24, 2.45) is 0 Å². The molecule has 276 valence electrons. The van der Waals surface area contributed by atoms with Crippen LogP contribution in [0, 0.1) is 0 Å². The summed E-state index contributed by atoms with van der Waals surface area (Å²) in [4.78, 5) is 45.0. The second kappa shape index (κ2) is 15.8. The monoisotopic (exact) mass is 743 g/mol. The van der Waals surface area contributed by atoms with Crippen molar-refractivity contribution in [1.29, 1.82) is 0 Å². The van der Waals surface area contributed by atoms with E-state index in [0.717, 1.165) is 39.8 Å². The molecule has 0 radical (unpaired) electrons. The highest BCUT2D eigenvalue weighted by Gasteiger charge is 2.40. The number of carbonyl (C=O) groups is 3. The number of fused-ring (bicyclic) bond motifs is 2. The van der Waals surface area contributed by atoms with Gasteiger partial charge in [0.25, 0.3) is 5.91 Å². The highest BCUT2D eigenvalue weighted by molar-refractivity contribution is 6.30. The molecule has 0 saturated heterocycles. The normalized spacial score (nSPS) is 17.8. The van der Waals surface area contributed by atoms with E-state index < -0.39 is 24.2 Å². The van der Waals surface area contributed by atoms with Crippen LogP contribution in [0.2, 0.25) is 5.02 Å². The van der Waals surface area contributed by atoms with Crippen LogP contribution >= 0.6 is 11.6 Å². The smallest absolute Gasteiger partial charge is 0.328 e. The average Bonchev–Trinajstić information content (AvgIpc) is 3.19. The van der Waals surface area contributed by atoms with Crippen LogP contribution in [0.15, 0.2) is 115 Å². The van der Waals surface area contributed by atoms with Gasteiger partial charge in [-0.15, -0.1) is 0 Å². The number of rotatable bonds is 10. The topological polar surface area (TPSA) is 108 Å². The summed E-state index contributed by atoms with van der Waals surface area (Å²) in [7, 11) is 3.04. The molecule has 0 bridgehead atoms. The van der Waals surface area contributed by atoms with Crippen LogP contribution in [0.25, 0.3) is 11.1 Å². The maximum absolute atomic E-state index is 14.5. The van der Waals surface area contributed by atoms with Gasteiger partial charge in [0.05, 0.1) is 18.8 Å². The molecule has 0 fully saturated rings. The predicted octanol–water partition coefficient (Wildman–Crippen LogP) is 7.59. The molecule has 2 aliphatic heterocycles. The number of halogens is 1. The Kier molecular flexibility index (Phi) is 10.7. The summed E-state index contributed by atoms with van der Waals surface area (Å²) in [5.74, 6) is -0.379. The summed E-state index contributed by atoms with van der Waals surface area (Å²) in [6.07, 6.45) is 0.477. The van der Waals surface area contributed by atoms with Gasteiger partial charge in [-0.25, -0.2) is 4.79 Å². The number of anilines is 1. The van der Waals surface area contributed by atoms with Crippen molar-refractivity contribution in [1.82, 2.24) is 10.2 Å². The number of hydrogen-bond donors (Lipinski definition) is 2. The van der Waals surface area contributed by atoms with E-state index in [4.69, 9.17) is 21.1 Å². The van der Waals surface area contributed by atoms with E-state index >= 15 is 0 Å². The Morgan fingerprint density at radius 1 is 0.926 bits per heavy atom. The van der Waals surface area contributed by atoms with Crippen molar-refractivity contribution in [3.8, 4) is 22.6 Å². The van der Waals surface area contributed by atoms with Crippen LogP contribution in [-0.4, -0.2) is 54.0 Å². The fraction of sp³-hybridized carbons (Fsp3) is 0.250. The summed E-state index contributed by atoms with van der Waals surface area (Å²) in [6, 6.07) is 34.3. The minimum absolute atomic E-state index is 0.0990. The molecular formula is C44H42ClN3O6. The molecule has 5 aromatic rings. The van der Waals surface area contributed by atoms with Gasteiger partial charge in [0.15, 0.2) is 0 Å². The molecule has 2 amide bonds. The molecule has 0 spiro atoms. The number of ether oxygens (including phenoxy) is 2. The lowest BCUT2D eigenvalue weighted by molar-refractivity contribution is -0.146. The van der Waals surface area contributed by atoms with Crippen LogP contribution in [0.4, 0.5) is 5.69 Å². The van der Waals surface area contributed by atoms with Gasteiger partial charge in [-0.2, -0.15) is 0 Å². The first-order valence-electron chi connectivity index (χ1n) is 18.1. The second-order valence-corrected chi connectivity index (χ2v) is 14.2. The van der Waals surface area contributed by atoms with Gasteiger partial charge in [0, 0.05) is 36.6 Å². The van der Waals surface area contributed by atoms with Gasteiger partial charge < -0.3 is 24.8 Å². The molecule has 9 nitrogen and oxygen atoms in total. The quantitative estimate of drug-likeness (QED) is 0.142. The molecule has 2 aliphatic rings. The van der Waals surface area contributed by atoms with E-state index in [0.29, 0.717) is 35.0 Å². The van der Waals surface area contributed by atoms with Crippen molar-refractivity contribution in [3.05, 3.63) is 148 Å². The number of phenols is 1. The minimum Gasteiger partial charge on any atom is -0.508 e. The first kappa shape index (κ1) is 36.7. The Morgan fingerprint density at radius 3 is 2.24 bits per heavy atom. The number of amides is 2. The molecule has 10 heteroatoms. The SMILES string of the molecule is CC[C@@H](c1ccccc1)N1Cc2cc3c(cc2C[C@H]1C(=O)NC(Cc1ccc(-c2ccc(Cl)cc2)cc1)C(=O)OC)N(C)C(=O)[C@@H](c1ccc(O)cc1)O3. The van der Waals surface area contributed by atoms with Crippen molar-refractivity contribution in [2.45, 2.75) is 57.0 Å². The highest BCUT2D eigenvalue weighted by atomic mass is 35.5. The molecule has 2 heterocycles. The second-order valence-electron chi connectivity index (χ2n) is 13.8. The van der Waals surface area contributed by atoms with Crippen molar-refractivity contribution >= 4 is 35.1 Å². The predicted molar refractivity (Wildman–Crippen MR) is 208 cm³/mol. The zero-order valence-electron chi connectivity index (χ0n) is 30.4. The molecule has 4 atom stereocenters. The van der Waals surface area contributed by atoms with Crippen molar-refractivity contribution in [2.75, 3.05) is 19.1 Å². The van der Waals surface area contributed by atoms with Gasteiger partial charge in [0.1, 0.15) is 17.5 Å². The largest absolute Gasteiger partial charge is 0.508 e. The van der Waals surface area contributed by atoms with Gasteiger partial charge >= 0.3 is 5.97 Å². The lowest BCUT2D eigenvalue weighted by atomic mass is 9.88. The molecule has 1 unspecified atom stereocenters. The Bertz CT molecular complexity index is 2140. The van der Waals surface area contributed by atoms with Crippen molar-refractivity contribution in [3.63, 3.8) is 0 Å². The summed E-state index contributed by atoms with van der Waals surface area (Å²) in [5.41, 5.74) is 7.15. The van der Waals surface area contributed by atoms with Crippen LogP contribution < -0.4 is 15.0 Å². The maximum atomic E-state index is 14.5. The number of carbonyl (C=O) groups excluding carboxylic acids is 3. The number of nitrogens with one attached hydrogen (secondary N) is 1. The lowest BCUT2D eigenvalue weighted by Crippen LogP contribution is -2.55. The summed E-state index contributed by atoms with van der Waals surface area (Å²) in [5, 5.41) is 13.5. The maximum Gasteiger partial charge on any atom is 0.328 e. The number of benzene rings is 5. The number of likely N-dealkylation sites (N-methyl/N-ethyl adjacent to an activating group) is 1. The third-order valence-corrected chi connectivity index (χ3v) is 10.7. The Labute approximate surface area is 320 Å². The third-order valence-electron chi connectivity index (χ3n) is 10.5. The first-order valence-corrected chi connectivity index (χ1v) is 18.4. The Balaban J connectivity index is 1.18. The number of aromatic hydroxyl groups is 1. The van der Waals surface area contributed by atoms with E-state index in [2.05, 4.69) is 29.3 Å². The Morgan fingerprint density at radius 2 is 1.59 bits per heavy atom. The van der Waals surface area contributed by atoms with E-state index in [1.165, 1.54) is 19.2 Å². The van der Waals surface area contributed by atoms with Gasteiger partial charge in [-0.05, 0) is 82.6 Å². The molecule has 0 aliphatic carbocycles. The molecular weight excluding hydrogens is 702 g/mol. The molecule has 0 saturated carbocycles. The van der Waals surface area contributed by atoms with E-state index in [-0.39, 0.29) is 30.0 Å². The van der Waals surface area contributed by atoms with Crippen LogP contribution in [-0.2, 0) is 38.5 Å². The number of hydrogen-bond acceptors (Lipinski definition) is 7. The summed E-state index contributed by atoms with van der Waals surface area (Å²) < 4.78 is 11.5. The molecule has 0 aromatic heterocycles. The van der Waals surface area contributed by atoms with Gasteiger partial charge in [0.2, 0.25) is 12.0 Å². The zero-order valence-corrected chi connectivity index (χ0v) is 31.1. The first-order chi connectivity index (χ1) is 26.1. The molecule has 5 aromatic carbocycles. The number of methoxy groups -OCH3 is 1. The van der Waals surface area contributed by atoms with Gasteiger partial charge in [-0.3, -0.25) is 14.5 Å². The summed E-state index contributed by atoms with van der Waals surface area (Å²) >= 11 is 6.07. The molecule has 7 rings (SSSR count). The fourth-order valence-corrected chi connectivity index (χ4v) is 7.66. The van der Waals surface area contributed by atoms with Crippen LogP contribution in [0.5, 0.6) is 11.5 Å².